The van der Waals surface area contributed by atoms with Crippen LogP contribution in [0.25, 0.3) is 0 Å². The van der Waals surface area contributed by atoms with Crippen molar-refractivity contribution in [3.63, 3.8) is 0 Å². The fourth-order valence-corrected chi connectivity index (χ4v) is 4.30. The molecule has 1 N–H and O–H groups in total. The molecule has 2 heterocycles. The Balaban J connectivity index is 1.44. The Morgan fingerprint density at radius 1 is 1.14 bits per heavy atom. The van der Waals surface area contributed by atoms with Gasteiger partial charge in [-0.05, 0) is 43.2 Å². The number of anilines is 2. The molecule has 35 heavy (non-hydrogen) atoms. The summed E-state index contributed by atoms with van der Waals surface area (Å²) in [4.78, 5) is 42.1. The third-order valence-electron chi connectivity index (χ3n) is 6.40. The first-order chi connectivity index (χ1) is 16.9. The predicted molar refractivity (Wildman–Crippen MR) is 131 cm³/mol. The van der Waals surface area contributed by atoms with Crippen molar-refractivity contribution in [3.8, 4) is 11.5 Å². The van der Waals surface area contributed by atoms with E-state index in [0.717, 1.165) is 16.8 Å². The van der Waals surface area contributed by atoms with Crippen LogP contribution in [0.3, 0.4) is 0 Å². The van der Waals surface area contributed by atoms with Crippen molar-refractivity contribution in [3.05, 3.63) is 47.5 Å². The molecule has 1 fully saturated rings. The van der Waals surface area contributed by atoms with E-state index in [1.165, 1.54) is 4.90 Å². The van der Waals surface area contributed by atoms with Gasteiger partial charge in [-0.2, -0.15) is 0 Å². The zero-order chi connectivity index (χ0) is 24.9. The molecule has 186 valence electrons. The predicted octanol–water partition coefficient (Wildman–Crippen LogP) is 2.54. The van der Waals surface area contributed by atoms with Gasteiger partial charge in [-0.25, -0.2) is 0 Å². The highest BCUT2D eigenvalue weighted by Crippen LogP contribution is 2.36. The number of methoxy groups -OCH3 is 1. The fourth-order valence-electron chi connectivity index (χ4n) is 4.30. The van der Waals surface area contributed by atoms with E-state index >= 15 is 0 Å². The van der Waals surface area contributed by atoms with Crippen molar-refractivity contribution in [1.82, 2.24) is 4.90 Å². The molecule has 0 saturated carbocycles. The van der Waals surface area contributed by atoms with Crippen LogP contribution in [0, 0.1) is 19.8 Å². The van der Waals surface area contributed by atoms with E-state index in [2.05, 4.69) is 5.32 Å². The Morgan fingerprint density at radius 3 is 2.69 bits per heavy atom. The van der Waals surface area contributed by atoms with Crippen LogP contribution < -0.4 is 19.7 Å². The topological polar surface area (TPSA) is 97.4 Å². The summed E-state index contributed by atoms with van der Waals surface area (Å²) in [6.45, 7) is 5.51. The van der Waals surface area contributed by atoms with Gasteiger partial charge in [0, 0.05) is 44.1 Å². The first-order valence-corrected chi connectivity index (χ1v) is 11.7. The van der Waals surface area contributed by atoms with Gasteiger partial charge in [0.2, 0.25) is 17.7 Å². The van der Waals surface area contributed by atoms with Crippen LogP contribution in [0.1, 0.15) is 17.5 Å². The molecule has 2 aliphatic heterocycles. The summed E-state index contributed by atoms with van der Waals surface area (Å²) in [7, 11) is 1.54. The molecule has 2 aromatic carbocycles. The first kappa shape index (κ1) is 24.5. The highest BCUT2D eigenvalue weighted by Gasteiger charge is 2.38. The molecule has 3 amide bonds. The summed E-state index contributed by atoms with van der Waals surface area (Å²) in [6.07, 6.45) is 0.0787. The van der Waals surface area contributed by atoms with Crippen molar-refractivity contribution >= 4 is 29.1 Å². The summed E-state index contributed by atoms with van der Waals surface area (Å²) >= 11 is 0. The minimum atomic E-state index is -0.555. The molecule has 0 aromatic heterocycles. The maximum absolute atomic E-state index is 13.4. The summed E-state index contributed by atoms with van der Waals surface area (Å²) in [5.74, 6) is -0.0172. The molecule has 9 heteroatoms. The van der Waals surface area contributed by atoms with E-state index in [-0.39, 0.29) is 50.4 Å². The van der Waals surface area contributed by atoms with Crippen LogP contribution in [0.5, 0.6) is 11.5 Å². The number of amides is 3. The number of benzene rings is 2. The third-order valence-corrected chi connectivity index (χ3v) is 6.40. The minimum Gasteiger partial charge on any atom is -0.486 e. The average Bonchev–Trinajstić information content (AvgIpc) is 3.25. The number of hydrogen-bond donors (Lipinski definition) is 1. The maximum Gasteiger partial charge on any atom is 0.244 e. The lowest BCUT2D eigenvalue weighted by Gasteiger charge is -2.25. The van der Waals surface area contributed by atoms with Crippen LogP contribution in [0.2, 0.25) is 0 Å². The smallest absolute Gasteiger partial charge is 0.244 e. The summed E-state index contributed by atoms with van der Waals surface area (Å²) in [5.41, 5.74) is 3.42. The Kier molecular flexibility index (Phi) is 7.55. The zero-order valence-electron chi connectivity index (χ0n) is 20.3. The highest BCUT2D eigenvalue weighted by atomic mass is 16.6. The maximum atomic E-state index is 13.4. The van der Waals surface area contributed by atoms with Crippen molar-refractivity contribution in [2.24, 2.45) is 5.92 Å². The first-order valence-electron chi connectivity index (χ1n) is 11.7. The highest BCUT2D eigenvalue weighted by molar-refractivity contribution is 6.01. The number of ether oxygens (including phenoxy) is 3. The standard InChI is InChI=1S/C26H31N3O6/c1-17-5-4-6-21(18(17)2)27-24(30)16-28(9-10-33-3)26(32)19-13-25(31)29(15-19)20-7-8-22-23(14-20)35-12-11-34-22/h4-8,14,19H,9-13,15-16H2,1-3H3,(H,27,30)/t19-/m0/s1. The van der Waals surface area contributed by atoms with Gasteiger partial charge < -0.3 is 29.3 Å². The third kappa shape index (κ3) is 5.57. The lowest BCUT2D eigenvalue weighted by Crippen LogP contribution is -2.43. The summed E-state index contributed by atoms with van der Waals surface area (Å²) in [6, 6.07) is 11.0. The van der Waals surface area contributed by atoms with Gasteiger partial charge in [-0.15, -0.1) is 0 Å². The number of carbonyl (C=O) groups is 3. The van der Waals surface area contributed by atoms with Crippen molar-refractivity contribution in [2.45, 2.75) is 20.3 Å². The molecule has 0 radical (unpaired) electrons. The van der Waals surface area contributed by atoms with Crippen LogP contribution in [0.15, 0.2) is 36.4 Å². The SMILES string of the molecule is COCCN(CC(=O)Nc1cccc(C)c1C)C(=O)[C@H]1CC(=O)N(c2ccc3c(c2)OCCO3)C1. The van der Waals surface area contributed by atoms with Gasteiger partial charge in [0.25, 0.3) is 0 Å². The molecule has 2 aliphatic rings. The number of aryl methyl sites for hydroxylation is 1. The number of carbonyl (C=O) groups excluding carboxylic acids is 3. The largest absolute Gasteiger partial charge is 0.486 e. The van der Waals surface area contributed by atoms with Gasteiger partial charge in [-0.3, -0.25) is 14.4 Å². The molecule has 0 bridgehead atoms. The molecular weight excluding hydrogens is 450 g/mol. The number of rotatable bonds is 8. The molecule has 1 atom stereocenters. The van der Waals surface area contributed by atoms with Crippen molar-refractivity contribution in [1.29, 1.82) is 0 Å². The molecule has 9 nitrogen and oxygen atoms in total. The van der Waals surface area contributed by atoms with Crippen LogP contribution in [0.4, 0.5) is 11.4 Å². The molecule has 1 saturated heterocycles. The van der Waals surface area contributed by atoms with E-state index in [9.17, 15) is 14.4 Å². The van der Waals surface area contributed by atoms with Crippen LogP contribution in [-0.4, -0.2) is 69.2 Å². The fraction of sp³-hybridized carbons (Fsp3) is 0.423. The Morgan fingerprint density at radius 2 is 1.91 bits per heavy atom. The molecule has 0 aliphatic carbocycles. The van der Waals surface area contributed by atoms with Gasteiger partial charge in [0.15, 0.2) is 11.5 Å². The monoisotopic (exact) mass is 481 g/mol. The number of nitrogens with one attached hydrogen (secondary N) is 1. The number of fused-ring (bicyclic) bond motifs is 1. The summed E-state index contributed by atoms with van der Waals surface area (Å²) in [5, 5.41) is 2.90. The Labute approximate surface area is 204 Å². The zero-order valence-corrected chi connectivity index (χ0v) is 20.3. The second kappa shape index (κ2) is 10.8. The molecule has 4 rings (SSSR count). The lowest BCUT2D eigenvalue weighted by molar-refractivity contribution is -0.139. The molecule has 0 unspecified atom stereocenters. The normalized spacial score (nSPS) is 16.8. The average molecular weight is 482 g/mol. The van der Waals surface area contributed by atoms with E-state index in [0.29, 0.717) is 30.4 Å². The van der Waals surface area contributed by atoms with E-state index in [4.69, 9.17) is 14.2 Å². The van der Waals surface area contributed by atoms with Crippen LogP contribution in [-0.2, 0) is 19.1 Å². The molecular formula is C26H31N3O6. The van der Waals surface area contributed by atoms with Gasteiger partial charge in [0.05, 0.1) is 19.1 Å². The van der Waals surface area contributed by atoms with Crippen molar-refractivity contribution < 1.29 is 28.6 Å². The molecule has 2 aromatic rings. The second-order valence-electron chi connectivity index (χ2n) is 8.78. The van der Waals surface area contributed by atoms with E-state index in [1.807, 2.05) is 32.0 Å². The van der Waals surface area contributed by atoms with Gasteiger partial charge >= 0.3 is 0 Å². The van der Waals surface area contributed by atoms with E-state index in [1.54, 1.807) is 30.2 Å². The molecule has 0 spiro atoms. The minimum absolute atomic E-state index is 0.0787. The quantitative estimate of drug-likeness (QED) is 0.622. The summed E-state index contributed by atoms with van der Waals surface area (Å²) < 4.78 is 16.3. The van der Waals surface area contributed by atoms with Crippen molar-refractivity contribution in [2.75, 3.05) is 56.8 Å². The van der Waals surface area contributed by atoms with E-state index < -0.39 is 5.92 Å². The van der Waals surface area contributed by atoms with Gasteiger partial charge in [-0.1, -0.05) is 12.1 Å². The Hall–Kier alpha value is -3.59. The second-order valence-corrected chi connectivity index (χ2v) is 8.78. The Bertz CT molecular complexity index is 1120. The number of hydrogen-bond acceptors (Lipinski definition) is 6. The number of nitrogens with zero attached hydrogens (tertiary/aromatic N) is 2. The van der Waals surface area contributed by atoms with Gasteiger partial charge in [0.1, 0.15) is 13.2 Å². The lowest BCUT2D eigenvalue weighted by atomic mass is 10.1. The van der Waals surface area contributed by atoms with Crippen LogP contribution >= 0.6 is 0 Å².